The normalized spacial score (nSPS) is 17.8. The smallest absolute Gasteiger partial charge is 0.303 e. The van der Waals surface area contributed by atoms with Crippen molar-refractivity contribution >= 4 is 31.9 Å². The van der Waals surface area contributed by atoms with E-state index in [0.717, 1.165) is 5.56 Å². The van der Waals surface area contributed by atoms with Crippen LogP contribution in [0.15, 0.2) is 27.6 Å². The summed E-state index contributed by atoms with van der Waals surface area (Å²) in [5, 5.41) is 8.79. The van der Waals surface area contributed by atoms with Crippen molar-refractivity contribution in [3.05, 3.63) is 28.2 Å². The average molecular weight is 376 g/mol. The molecule has 0 bridgehead atoms. The number of hydrogen-bond acceptors (Lipinski definition) is 3. The Kier molecular flexibility index (Phi) is 5.06. The molecule has 0 aliphatic carbocycles. The van der Waals surface area contributed by atoms with Gasteiger partial charge in [-0.2, -0.15) is 4.31 Å². The topological polar surface area (TPSA) is 74.7 Å². The summed E-state index contributed by atoms with van der Waals surface area (Å²) in [6.45, 7) is 2.65. The van der Waals surface area contributed by atoms with Gasteiger partial charge in [-0.15, -0.1) is 0 Å². The van der Waals surface area contributed by atoms with Gasteiger partial charge in [0.2, 0.25) is 10.0 Å². The summed E-state index contributed by atoms with van der Waals surface area (Å²) in [4.78, 5) is 11.0. The average Bonchev–Trinajstić information content (AvgIpc) is 2.38. The van der Waals surface area contributed by atoms with E-state index in [2.05, 4.69) is 15.9 Å². The zero-order chi connectivity index (χ0) is 15.6. The molecule has 0 spiro atoms. The molecule has 1 aliphatic heterocycles. The largest absolute Gasteiger partial charge is 0.481 e. The van der Waals surface area contributed by atoms with Crippen molar-refractivity contribution in [3.63, 3.8) is 0 Å². The van der Waals surface area contributed by atoms with Crippen molar-refractivity contribution in [2.45, 2.75) is 31.1 Å². The lowest BCUT2D eigenvalue weighted by Crippen LogP contribution is -2.39. The van der Waals surface area contributed by atoms with E-state index in [4.69, 9.17) is 5.11 Å². The Morgan fingerprint density at radius 2 is 2.00 bits per heavy atom. The van der Waals surface area contributed by atoms with Crippen LogP contribution in [0, 0.1) is 12.8 Å². The first kappa shape index (κ1) is 16.5. The third kappa shape index (κ3) is 3.84. The summed E-state index contributed by atoms with van der Waals surface area (Å²) in [7, 11) is -3.52. The van der Waals surface area contributed by atoms with Crippen LogP contribution in [0.25, 0.3) is 0 Å². The maximum atomic E-state index is 12.6. The molecule has 1 fully saturated rings. The first-order valence-electron chi connectivity index (χ1n) is 6.79. The number of carboxylic acid groups (broad SMARTS) is 1. The van der Waals surface area contributed by atoms with Crippen LogP contribution < -0.4 is 0 Å². The van der Waals surface area contributed by atoms with Gasteiger partial charge in [-0.3, -0.25) is 4.79 Å². The van der Waals surface area contributed by atoms with E-state index in [-0.39, 0.29) is 17.2 Å². The van der Waals surface area contributed by atoms with E-state index < -0.39 is 16.0 Å². The molecule has 1 aromatic carbocycles. The van der Waals surface area contributed by atoms with Gasteiger partial charge in [0.15, 0.2) is 0 Å². The standard InChI is InChI=1S/C14H18BrNO4S/c1-10-2-3-13(12(15)8-10)21(19,20)16-6-4-11(5-7-16)9-14(17)18/h2-3,8,11H,4-7,9H2,1H3,(H,17,18). The minimum atomic E-state index is -3.52. The van der Waals surface area contributed by atoms with Crippen molar-refractivity contribution in [3.8, 4) is 0 Å². The molecule has 0 radical (unpaired) electrons. The Morgan fingerprint density at radius 1 is 1.38 bits per heavy atom. The number of nitrogens with zero attached hydrogens (tertiary/aromatic N) is 1. The molecule has 1 N–H and O–H groups in total. The second-order valence-corrected chi connectivity index (χ2v) is 8.14. The lowest BCUT2D eigenvalue weighted by molar-refractivity contribution is -0.138. The Hall–Kier alpha value is -0.920. The van der Waals surface area contributed by atoms with Crippen molar-refractivity contribution in [1.82, 2.24) is 4.31 Å². The van der Waals surface area contributed by atoms with Crippen LogP contribution >= 0.6 is 15.9 Å². The van der Waals surface area contributed by atoms with Gasteiger partial charge >= 0.3 is 5.97 Å². The number of piperidine rings is 1. The van der Waals surface area contributed by atoms with Gasteiger partial charge in [-0.25, -0.2) is 8.42 Å². The first-order chi connectivity index (χ1) is 9.80. The molecule has 1 aromatic rings. The van der Waals surface area contributed by atoms with E-state index in [1.54, 1.807) is 18.2 Å². The fraction of sp³-hybridized carbons (Fsp3) is 0.500. The molecule has 0 amide bonds. The number of rotatable bonds is 4. The Labute approximate surface area is 133 Å². The Bertz CT molecular complexity index is 636. The summed E-state index contributed by atoms with van der Waals surface area (Å²) in [5.74, 6) is -0.756. The lowest BCUT2D eigenvalue weighted by Gasteiger charge is -2.30. The summed E-state index contributed by atoms with van der Waals surface area (Å²) < 4.78 is 27.3. The third-order valence-electron chi connectivity index (χ3n) is 3.74. The van der Waals surface area contributed by atoms with Crippen LogP contribution in [0.5, 0.6) is 0 Å². The molecule has 2 rings (SSSR count). The van der Waals surface area contributed by atoms with Gasteiger partial charge in [0.25, 0.3) is 0 Å². The molecule has 1 heterocycles. The van der Waals surface area contributed by atoms with Crippen LogP contribution in [-0.4, -0.2) is 36.9 Å². The van der Waals surface area contributed by atoms with Crippen LogP contribution in [0.1, 0.15) is 24.8 Å². The van der Waals surface area contributed by atoms with Gasteiger partial charge in [-0.05, 0) is 59.3 Å². The number of aryl methyl sites for hydroxylation is 1. The maximum absolute atomic E-state index is 12.6. The highest BCUT2D eigenvalue weighted by Crippen LogP contribution is 2.29. The predicted octanol–water partition coefficient (Wildman–Crippen LogP) is 2.63. The molecule has 116 valence electrons. The van der Waals surface area contributed by atoms with Crippen LogP contribution in [0.2, 0.25) is 0 Å². The summed E-state index contributed by atoms with van der Waals surface area (Å²) in [6.07, 6.45) is 1.30. The molecule has 0 atom stereocenters. The molecule has 21 heavy (non-hydrogen) atoms. The highest BCUT2D eigenvalue weighted by molar-refractivity contribution is 9.10. The zero-order valence-electron chi connectivity index (χ0n) is 11.8. The SMILES string of the molecule is Cc1ccc(S(=O)(=O)N2CCC(CC(=O)O)CC2)c(Br)c1. The van der Waals surface area contributed by atoms with Crippen LogP contribution in [0.3, 0.4) is 0 Å². The predicted molar refractivity (Wildman–Crippen MR) is 82.6 cm³/mol. The number of aliphatic carboxylic acids is 1. The zero-order valence-corrected chi connectivity index (χ0v) is 14.2. The summed E-state index contributed by atoms with van der Waals surface area (Å²) in [6, 6.07) is 5.16. The number of carbonyl (C=O) groups is 1. The van der Waals surface area contributed by atoms with Crippen LogP contribution in [-0.2, 0) is 14.8 Å². The number of hydrogen-bond donors (Lipinski definition) is 1. The Morgan fingerprint density at radius 3 is 2.52 bits per heavy atom. The summed E-state index contributed by atoms with van der Waals surface area (Å²) >= 11 is 3.31. The monoisotopic (exact) mass is 375 g/mol. The molecule has 1 saturated heterocycles. The molecule has 0 unspecified atom stereocenters. The lowest BCUT2D eigenvalue weighted by atomic mass is 9.95. The second-order valence-electron chi connectivity index (χ2n) is 5.38. The molecule has 1 aliphatic rings. The first-order valence-corrected chi connectivity index (χ1v) is 9.02. The number of sulfonamides is 1. The fourth-order valence-electron chi connectivity index (χ4n) is 2.55. The third-order valence-corrected chi connectivity index (χ3v) is 6.62. The van der Waals surface area contributed by atoms with Gasteiger partial charge in [0.05, 0.1) is 4.90 Å². The molecule has 0 saturated carbocycles. The number of benzene rings is 1. The molecule has 7 heteroatoms. The second kappa shape index (κ2) is 6.46. The highest BCUT2D eigenvalue weighted by Gasteiger charge is 2.31. The molecular weight excluding hydrogens is 358 g/mol. The molecule has 0 aromatic heterocycles. The fourth-order valence-corrected chi connectivity index (χ4v) is 5.18. The number of carboxylic acids is 1. The van der Waals surface area contributed by atoms with E-state index in [1.807, 2.05) is 6.92 Å². The summed E-state index contributed by atoms with van der Waals surface area (Å²) in [5.41, 5.74) is 0.987. The molecule has 5 nitrogen and oxygen atoms in total. The number of halogens is 1. The van der Waals surface area contributed by atoms with Crippen molar-refractivity contribution in [2.75, 3.05) is 13.1 Å². The maximum Gasteiger partial charge on any atom is 0.303 e. The minimum Gasteiger partial charge on any atom is -0.481 e. The van der Waals surface area contributed by atoms with E-state index >= 15 is 0 Å². The highest BCUT2D eigenvalue weighted by atomic mass is 79.9. The van der Waals surface area contributed by atoms with Crippen molar-refractivity contribution < 1.29 is 18.3 Å². The van der Waals surface area contributed by atoms with Crippen molar-refractivity contribution in [1.29, 1.82) is 0 Å². The molecular formula is C14H18BrNO4S. The van der Waals surface area contributed by atoms with Gasteiger partial charge in [0, 0.05) is 24.0 Å². The van der Waals surface area contributed by atoms with E-state index in [0.29, 0.717) is 30.4 Å². The van der Waals surface area contributed by atoms with Gasteiger partial charge in [-0.1, -0.05) is 6.07 Å². The quantitative estimate of drug-likeness (QED) is 0.877. The van der Waals surface area contributed by atoms with E-state index in [1.165, 1.54) is 4.31 Å². The van der Waals surface area contributed by atoms with Crippen LogP contribution in [0.4, 0.5) is 0 Å². The van der Waals surface area contributed by atoms with E-state index in [9.17, 15) is 13.2 Å². The Balaban J connectivity index is 2.13. The van der Waals surface area contributed by atoms with Crippen molar-refractivity contribution in [2.24, 2.45) is 5.92 Å². The van der Waals surface area contributed by atoms with Gasteiger partial charge in [0.1, 0.15) is 0 Å². The van der Waals surface area contributed by atoms with Gasteiger partial charge < -0.3 is 5.11 Å². The minimum absolute atomic E-state index is 0.0652.